The Bertz CT molecular complexity index is 984. The van der Waals surface area contributed by atoms with E-state index in [1.807, 2.05) is 27.2 Å². The van der Waals surface area contributed by atoms with Crippen molar-refractivity contribution in [1.82, 2.24) is 5.32 Å². The largest absolute Gasteiger partial charge is 0.472 e. The molecular formula is C48H96N2O6P+. The first-order chi connectivity index (χ1) is 27.5. The number of rotatable bonds is 44. The number of nitrogens with zero attached hydrogens (tertiary/aromatic N) is 1. The third-order valence-electron chi connectivity index (χ3n) is 10.9. The highest BCUT2D eigenvalue weighted by atomic mass is 31.2. The Morgan fingerprint density at radius 2 is 0.947 bits per heavy atom. The zero-order valence-corrected chi connectivity index (χ0v) is 39.2. The minimum atomic E-state index is -4.33. The fourth-order valence-electron chi connectivity index (χ4n) is 7.04. The first-order valence-corrected chi connectivity index (χ1v) is 25.7. The van der Waals surface area contributed by atoms with Crippen molar-refractivity contribution < 1.29 is 32.9 Å². The highest BCUT2D eigenvalue weighted by molar-refractivity contribution is 7.47. The van der Waals surface area contributed by atoms with Crippen LogP contribution in [0, 0.1) is 0 Å². The van der Waals surface area contributed by atoms with Crippen LogP contribution in [0.3, 0.4) is 0 Å². The van der Waals surface area contributed by atoms with Crippen molar-refractivity contribution in [2.75, 3.05) is 40.9 Å². The van der Waals surface area contributed by atoms with Crippen LogP contribution in [0.1, 0.15) is 226 Å². The number of amides is 1. The maximum absolute atomic E-state index is 12.8. The SMILES string of the molecule is CCCCCCCC/C=C/C(O)C(COP(=O)(O)OCC[N+](C)(C)C)NC(=O)CCCCCCCCCCCCCCCCC/C=C\CCCCCCCCCC. The van der Waals surface area contributed by atoms with Gasteiger partial charge in [0.15, 0.2) is 0 Å². The molecule has 3 unspecified atom stereocenters. The van der Waals surface area contributed by atoms with Crippen LogP contribution >= 0.6 is 7.82 Å². The van der Waals surface area contributed by atoms with Crippen molar-refractivity contribution >= 4 is 13.7 Å². The molecule has 0 aliphatic heterocycles. The Labute approximate surface area is 354 Å². The molecule has 0 saturated heterocycles. The molecular weight excluding hydrogens is 732 g/mol. The van der Waals surface area contributed by atoms with Gasteiger partial charge in [-0.2, -0.15) is 0 Å². The van der Waals surface area contributed by atoms with Crippen LogP contribution in [0.25, 0.3) is 0 Å². The highest BCUT2D eigenvalue weighted by Gasteiger charge is 2.27. The number of hydrogen-bond acceptors (Lipinski definition) is 5. The smallest absolute Gasteiger partial charge is 0.387 e. The number of hydrogen-bond donors (Lipinski definition) is 3. The summed E-state index contributed by atoms with van der Waals surface area (Å²) in [6, 6.07) is -0.840. The van der Waals surface area contributed by atoms with Crippen molar-refractivity contribution in [1.29, 1.82) is 0 Å². The second kappa shape index (κ2) is 40.4. The number of quaternary nitrogens is 1. The molecule has 338 valence electrons. The molecule has 0 radical (unpaired) electrons. The number of unbranched alkanes of at least 4 members (excludes halogenated alkanes) is 29. The summed E-state index contributed by atoms with van der Waals surface area (Å²) in [5, 5.41) is 13.7. The van der Waals surface area contributed by atoms with Gasteiger partial charge < -0.3 is 19.8 Å². The zero-order chi connectivity index (χ0) is 42.1. The number of likely N-dealkylation sites (N-methyl/N-ethyl adjacent to an activating group) is 1. The first kappa shape index (κ1) is 56.0. The van der Waals surface area contributed by atoms with E-state index in [4.69, 9.17) is 9.05 Å². The van der Waals surface area contributed by atoms with Gasteiger partial charge in [0.25, 0.3) is 0 Å². The summed E-state index contributed by atoms with van der Waals surface area (Å²) in [6.45, 7) is 4.78. The van der Waals surface area contributed by atoms with Gasteiger partial charge in [-0.05, 0) is 44.9 Å². The highest BCUT2D eigenvalue weighted by Crippen LogP contribution is 2.43. The number of allylic oxidation sites excluding steroid dienone is 3. The number of nitrogens with one attached hydrogen (secondary N) is 1. The topological polar surface area (TPSA) is 105 Å². The van der Waals surface area contributed by atoms with Crippen LogP contribution in [0.15, 0.2) is 24.3 Å². The van der Waals surface area contributed by atoms with E-state index >= 15 is 0 Å². The van der Waals surface area contributed by atoms with Crippen LogP contribution in [0.4, 0.5) is 0 Å². The molecule has 8 nitrogen and oxygen atoms in total. The van der Waals surface area contributed by atoms with Gasteiger partial charge in [-0.1, -0.05) is 199 Å². The lowest BCUT2D eigenvalue weighted by Gasteiger charge is -2.25. The summed E-state index contributed by atoms with van der Waals surface area (Å²) < 4.78 is 23.5. The Morgan fingerprint density at radius 1 is 0.579 bits per heavy atom. The molecule has 0 heterocycles. The van der Waals surface area contributed by atoms with Crippen LogP contribution in [0.5, 0.6) is 0 Å². The standard InChI is InChI=1S/C48H95N2O6P/c1-6-8-10-12-14-16-17-18-19-20-21-22-23-24-25-26-27-28-29-30-31-32-33-34-36-38-40-42-48(52)49-46(45-56-57(53,54)55-44-43-50(3,4)5)47(51)41-39-37-35-15-13-11-9-7-2/h20-21,39,41,46-47,51H,6-19,22-38,40,42-45H2,1-5H3,(H-,49,52,53,54)/p+1/b21-20-,41-39+. The zero-order valence-electron chi connectivity index (χ0n) is 38.3. The van der Waals surface area contributed by atoms with Crippen molar-refractivity contribution in [2.45, 2.75) is 238 Å². The summed E-state index contributed by atoms with van der Waals surface area (Å²) in [7, 11) is 1.58. The predicted molar refractivity (Wildman–Crippen MR) is 245 cm³/mol. The Kier molecular flexibility index (Phi) is 39.7. The van der Waals surface area contributed by atoms with Crippen molar-refractivity contribution in [3.8, 4) is 0 Å². The molecule has 3 atom stereocenters. The fraction of sp³-hybridized carbons (Fsp3) is 0.896. The maximum Gasteiger partial charge on any atom is 0.472 e. The average Bonchev–Trinajstić information content (AvgIpc) is 3.16. The molecule has 0 aromatic heterocycles. The molecule has 3 N–H and O–H groups in total. The normalized spacial score (nSPS) is 14.4. The van der Waals surface area contributed by atoms with E-state index in [0.29, 0.717) is 17.4 Å². The number of aliphatic hydroxyl groups excluding tert-OH is 1. The van der Waals surface area contributed by atoms with Gasteiger partial charge in [-0.3, -0.25) is 13.8 Å². The summed E-state index contributed by atoms with van der Waals surface area (Å²) in [5.74, 6) is -0.178. The van der Waals surface area contributed by atoms with Crippen molar-refractivity contribution in [3.05, 3.63) is 24.3 Å². The lowest BCUT2D eigenvalue weighted by molar-refractivity contribution is -0.870. The molecule has 0 aromatic carbocycles. The third kappa shape index (κ3) is 42.9. The summed E-state index contributed by atoms with van der Waals surface area (Å²) in [6.07, 6.45) is 48.5. The Hall–Kier alpha value is -1.02. The second-order valence-corrected chi connectivity index (χ2v) is 19.3. The van der Waals surface area contributed by atoms with E-state index in [9.17, 15) is 19.4 Å². The quantitative estimate of drug-likeness (QED) is 0.0244. The lowest BCUT2D eigenvalue weighted by Crippen LogP contribution is -2.45. The molecule has 57 heavy (non-hydrogen) atoms. The van der Waals surface area contributed by atoms with Gasteiger partial charge in [0.2, 0.25) is 5.91 Å². The second-order valence-electron chi connectivity index (χ2n) is 17.8. The summed E-state index contributed by atoms with van der Waals surface area (Å²) >= 11 is 0. The average molecular weight is 828 g/mol. The van der Waals surface area contributed by atoms with E-state index < -0.39 is 20.0 Å². The van der Waals surface area contributed by atoms with Crippen molar-refractivity contribution in [2.24, 2.45) is 0 Å². The number of carbonyl (C=O) groups excluding carboxylic acids is 1. The van der Waals surface area contributed by atoms with Gasteiger partial charge >= 0.3 is 7.82 Å². The van der Waals surface area contributed by atoms with E-state index in [1.54, 1.807) is 6.08 Å². The minimum Gasteiger partial charge on any atom is -0.387 e. The molecule has 0 bridgehead atoms. The van der Waals surface area contributed by atoms with Crippen LogP contribution in [-0.4, -0.2) is 73.4 Å². The molecule has 0 spiro atoms. The minimum absolute atomic E-state index is 0.0627. The van der Waals surface area contributed by atoms with Crippen molar-refractivity contribution in [3.63, 3.8) is 0 Å². The molecule has 9 heteroatoms. The first-order valence-electron chi connectivity index (χ1n) is 24.2. The fourth-order valence-corrected chi connectivity index (χ4v) is 7.77. The Morgan fingerprint density at radius 3 is 1.35 bits per heavy atom. The van der Waals surface area contributed by atoms with Gasteiger partial charge in [-0.15, -0.1) is 0 Å². The van der Waals surface area contributed by atoms with Crippen LogP contribution in [0.2, 0.25) is 0 Å². The number of carbonyl (C=O) groups is 1. The van der Waals surface area contributed by atoms with E-state index in [2.05, 4.69) is 31.3 Å². The molecule has 0 aromatic rings. The number of phosphoric acid groups is 1. The molecule has 0 fully saturated rings. The van der Waals surface area contributed by atoms with Gasteiger partial charge in [0, 0.05) is 6.42 Å². The molecule has 0 rings (SSSR count). The maximum atomic E-state index is 12.8. The van der Waals surface area contributed by atoms with E-state index in [1.165, 1.54) is 167 Å². The summed E-state index contributed by atoms with van der Waals surface area (Å²) in [5.41, 5.74) is 0. The van der Waals surface area contributed by atoms with Crippen LogP contribution in [-0.2, 0) is 18.4 Å². The molecule has 0 aliphatic carbocycles. The summed E-state index contributed by atoms with van der Waals surface area (Å²) in [4.78, 5) is 23.1. The number of aliphatic hydroxyl groups is 1. The van der Waals surface area contributed by atoms with E-state index in [-0.39, 0.29) is 19.1 Å². The van der Waals surface area contributed by atoms with E-state index in [0.717, 1.165) is 38.5 Å². The molecule has 0 aliphatic rings. The molecule has 1 amide bonds. The monoisotopic (exact) mass is 828 g/mol. The van der Waals surface area contributed by atoms with Crippen LogP contribution < -0.4 is 5.32 Å². The van der Waals surface area contributed by atoms with Gasteiger partial charge in [0.05, 0.1) is 39.9 Å². The Balaban J connectivity index is 4.03. The third-order valence-corrected chi connectivity index (χ3v) is 11.9. The predicted octanol–water partition coefficient (Wildman–Crippen LogP) is 13.7. The number of phosphoric ester groups is 1. The molecule has 0 saturated carbocycles. The lowest BCUT2D eigenvalue weighted by atomic mass is 10.0. The van der Waals surface area contributed by atoms with Gasteiger partial charge in [-0.25, -0.2) is 4.57 Å². The van der Waals surface area contributed by atoms with Gasteiger partial charge in [0.1, 0.15) is 13.2 Å².